The number of pyridine rings is 1. The van der Waals surface area contributed by atoms with Crippen LogP contribution in [0.15, 0.2) is 54.0 Å². The van der Waals surface area contributed by atoms with Crippen LogP contribution < -0.4 is 15.4 Å². The van der Waals surface area contributed by atoms with E-state index < -0.39 is 17.6 Å². The second-order valence-corrected chi connectivity index (χ2v) is 7.40. The Morgan fingerprint density at radius 1 is 1.14 bits per heavy atom. The lowest BCUT2D eigenvalue weighted by Crippen LogP contribution is -2.25. The molecule has 0 aliphatic heterocycles. The van der Waals surface area contributed by atoms with Crippen LogP contribution in [0.5, 0.6) is 5.88 Å². The average Bonchev–Trinajstić information content (AvgIpc) is 3.28. The molecule has 0 fully saturated rings. The molecule has 2 amide bonds. The number of aromatic nitrogens is 3. The number of nitrogens with one attached hydrogen (secondary N) is 3. The normalized spacial score (nSPS) is 12.2. The van der Waals surface area contributed by atoms with Gasteiger partial charge < -0.3 is 20.1 Å². The fourth-order valence-corrected chi connectivity index (χ4v) is 3.38. The van der Waals surface area contributed by atoms with Crippen LogP contribution in [-0.2, 0) is 4.74 Å². The number of halogens is 2. The highest BCUT2D eigenvalue weighted by Crippen LogP contribution is 2.28. The number of hydrogen-bond donors (Lipinski definition) is 3. The van der Waals surface area contributed by atoms with Gasteiger partial charge in [-0.1, -0.05) is 6.07 Å². The number of hydrogen-bond acceptors (Lipinski definition) is 6. The molecule has 0 radical (unpaired) electrons. The summed E-state index contributed by atoms with van der Waals surface area (Å²) in [5.74, 6) is -2.33. The zero-order valence-corrected chi connectivity index (χ0v) is 19.7. The van der Waals surface area contributed by atoms with Crippen LogP contribution >= 0.6 is 0 Å². The summed E-state index contributed by atoms with van der Waals surface area (Å²) in [6.45, 7) is 1.15. The van der Waals surface area contributed by atoms with E-state index in [1.807, 2.05) is 0 Å². The molecule has 9 nitrogen and oxygen atoms in total. The molecule has 1 aromatic carbocycles. The number of carbonyl (C=O) groups is 2. The number of amides is 2. The van der Waals surface area contributed by atoms with E-state index in [0.29, 0.717) is 22.5 Å². The van der Waals surface area contributed by atoms with Crippen molar-refractivity contribution in [2.45, 2.75) is 13.3 Å². The highest BCUT2D eigenvalue weighted by Gasteiger charge is 2.17. The van der Waals surface area contributed by atoms with Gasteiger partial charge in [0.2, 0.25) is 5.88 Å². The van der Waals surface area contributed by atoms with Crippen molar-refractivity contribution >= 4 is 22.7 Å². The number of methoxy groups -OCH3 is 2. The first-order valence-corrected chi connectivity index (χ1v) is 10.6. The number of H-pyrrole nitrogens is 1. The summed E-state index contributed by atoms with van der Waals surface area (Å²) in [5, 5.41) is 12.7. The molecule has 3 N–H and O–H groups in total. The van der Waals surface area contributed by atoms with Crippen LogP contribution in [0.1, 0.15) is 34.2 Å². The van der Waals surface area contributed by atoms with Gasteiger partial charge in [0.1, 0.15) is 11.3 Å². The van der Waals surface area contributed by atoms with Crippen LogP contribution in [0.3, 0.4) is 0 Å². The van der Waals surface area contributed by atoms with E-state index in [9.17, 15) is 18.4 Å². The summed E-state index contributed by atoms with van der Waals surface area (Å²) < 4.78 is 37.1. The highest BCUT2D eigenvalue weighted by atomic mass is 19.1. The van der Waals surface area contributed by atoms with E-state index in [0.717, 1.165) is 12.5 Å². The number of allylic oxidation sites excluding steroid dienone is 3. The minimum absolute atomic E-state index is 0.0114. The Morgan fingerprint density at radius 3 is 2.57 bits per heavy atom. The van der Waals surface area contributed by atoms with Gasteiger partial charge in [-0.3, -0.25) is 14.7 Å². The smallest absolute Gasteiger partial charge is 0.272 e. The summed E-state index contributed by atoms with van der Waals surface area (Å²) in [7, 11) is 4.18. The Bertz CT molecular complexity index is 1310. The third-order valence-corrected chi connectivity index (χ3v) is 5.10. The monoisotopic (exact) mass is 485 g/mol. The van der Waals surface area contributed by atoms with Gasteiger partial charge in [-0.05, 0) is 30.7 Å². The van der Waals surface area contributed by atoms with E-state index in [1.165, 1.54) is 21.3 Å². The molecule has 0 saturated heterocycles. The summed E-state index contributed by atoms with van der Waals surface area (Å²) in [4.78, 5) is 29.0. The van der Waals surface area contributed by atoms with E-state index in [2.05, 4.69) is 25.8 Å². The largest absolute Gasteiger partial charge is 0.498 e. The minimum Gasteiger partial charge on any atom is -0.498 e. The Morgan fingerprint density at radius 2 is 1.91 bits per heavy atom. The molecule has 0 saturated carbocycles. The topological polar surface area (TPSA) is 118 Å². The molecule has 11 heteroatoms. The van der Waals surface area contributed by atoms with Crippen molar-refractivity contribution in [3.05, 3.63) is 65.2 Å². The van der Waals surface area contributed by atoms with Crippen molar-refractivity contribution in [3.63, 3.8) is 0 Å². The van der Waals surface area contributed by atoms with Gasteiger partial charge in [0.05, 0.1) is 25.6 Å². The molecule has 0 unspecified atom stereocenters. The third kappa shape index (κ3) is 5.81. The standard InChI is InChI=1S/C24H25F2N5O4/c1-13(25)9-18(26)20(34-3)7-8-28-22(32)17-10-15(12-29-24(17)35-4)14-5-6-16-19(11-14)30-31-21(16)23(33)27-2/h5-6,9-12H,7-8H2,1-4H3,(H,27,33)(H,28,32)(H,30,31)/b13-9+,20-18-. The third-order valence-electron chi connectivity index (χ3n) is 5.10. The lowest BCUT2D eigenvalue weighted by Gasteiger charge is -2.12. The Hall–Kier alpha value is -4.28. The highest BCUT2D eigenvalue weighted by molar-refractivity contribution is 6.05. The number of nitrogens with zero attached hydrogens (tertiary/aromatic N) is 2. The molecule has 0 aliphatic carbocycles. The fourth-order valence-electron chi connectivity index (χ4n) is 3.38. The number of fused-ring (bicyclic) bond motifs is 1. The van der Waals surface area contributed by atoms with E-state index >= 15 is 0 Å². The fraction of sp³-hybridized carbons (Fsp3) is 0.250. The van der Waals surface area contributed by atoms with Crippen molar-refractivity contribution in [2.75, 3.05) is 27.8 Å². The maximum absolute atomic E-state index is 14.0. The van der Waals surface area contributed by atoms with Gasteiger partial charge in [0, 0.05) is 43.2 Å². The first-order valence-electron chi connectivity index (χ1n) is 10.6. The lowest BCUT2D eigenvalue weighted by atomic mass is 10.0. The molecule has 3 rings (SSSR count). The molecular weight excluding hydrogens is 460 g/mol. The van der Waals surface area contributed by atoms with Gasteiger partial charge in [0.25, 0.3) is 11.8 Å². The van der Waals surface area contributed by atoms with Crippen molar-refractivity contribution in [1.29, 1.82) is 0 Å². The van der Waals surface area contributed by atoms with E-state index in [1.54, 1.807) is 30.5 Å². The van der Waals surface area contributed by atoms with Crippen LogP contribution in [0.4, 0.5) is 8.78 Å². The molecule has 2 heterocycles. The molecule has 3 aromatic rings. The number of benzene rings is 1. The summed E-state index contributed by atoms with van der Waals surface area (Å²) in [5.41, 5.74) is 2.44. The second-order valence-electron chi connectivity index (χ2n) is 7.40. The Kier molecular flexibility index (Phi) is 8.13. The summed E-state index contributed by atoms with van der Waals surface area (Å²) in [6, 6.07) is 6.94. The van der Waals surface area contributed by atoms with Crippen LogP contribution in [0.25, 0.3) is 22.0 Å². The molecule has 0 spiro atoms. The molecule has 0 aliphatic rings. The SMILES string of the molecule is CNC(=O)c1n[nH]c2cc(-c3cnc(OC)c(C(=O)NCC/C(OC)=C(F)\C=C(/C)F)c3)ccc12. The summed E-state index contributed by atoms with van der Waals surface area (Å²) in [6.07, 6.45) is 2.28. The second kappa shape index (κ2) is 11.2. The van der Waals surface area contributed by atoms with Crippen LogP contribution in [0.2, 0.25) is 0 Å². The number of aromatic amines is 1. The first kappa shape index (κ1) is 25.3. The van der Waals surface area contributed by atoms with E-state index in [4.69, 9.17) is 9.47 Å². The minimum atomic E-state index is -0.850. The molecular formula is C24H25F2N5O4. The molecule has 0 bridgehead atoms. The quantitative estimate of drug-likeness (QED) is 0.313. The van der Waals surface area contributed by atoms with E-state index in [-0.39, 0.29) is 41.8 Å². The van der Waals surface area contributed by atoms with Gasteiger partial charge in [-0.2, -0.15) is 5.10 Å². The predicted molar refractivity (Wildman–Crippen MR) is 126 cm³/mol. The average molecular weight is 485 g/mol. The predicted octanol–water partition coefficient (Wildman–Crippen LogP) is 3.81. The van der Waals surface area contributed by atoms with Gasteiger partial charge >= 0.3 is 0 Å². The number of rotatable bonds is 9. The van der Waals surface area contributed by atoms with Crippen molar-refractivity contribution in [1.82, 2.24) is 25.8 Å². The Labute approximate surface area is 200 Å². The van der Waals surface area contributed by atoms with Crippen molar-refractivity contribution in [2.24, 2.45) is 0 Å². The molecule has 2 aromatic heterocycles. The number of carbonyl (C=O) groups excluding carboxylic acids is 2. The van der Waals surface area contributed by atoms with Crippen LogP contribution in [0, 0.1) is 0 Å². The maximum atomic E-state index is 14.0. The number of ether oxygens (including phenoxy) is 2. The molecule has 184 valence electrons. The van der Waals surface area contributed by atoms with Crippen molar-refractivity contribution in [3.8, 4) is 17.0 Å². The zero-order valence-electron chi connectivity index (χ0n) is 19.7. The maximum Gasteiger partial charge on any atom is 0.272 e. The van der Waals surface area contributed by atoms with Crippen molar-refractivity contribution < 1.29 is 27.8 Å². The first-order chi connectivity index (χ1) is 16.8. The van der Waals surface area contributed by atoms with Crippen LogP contribution in [-0.4, -0.2) is 54.8 Å². The van der Waals surface area contributed by atoms with Gasteiger partial charge in [-0.25, -0.2) is 13.8 Å². The zero-order chi connectivity index (χ0) is 25.5. The van der Waals surface area contributed by atoms with Gasteiger partial charge in [0.15, 0.2) is 11.5 Å². The lowest BCUT2D eigenvalue weighted by molar-refractivity contribution is 0.0944. The molecule has 35 heavy (non-hydrogen) atoms. The Balaban J connectivity index is 1.83. The summed E-state index contributed by atoms with van der Waals surface area (Å²) >= 11 is 0. The van der Waals surface area contributed by atoms with Gasteiger partial charge in [-0.15, -0.1) is 0 Å². The molecule has 0 atom stereocenters.